The van der Waals surface area contributed by atoms with Crippen molar-refractivity contribution in [3.63, 3.8) is 0 Å². The van der Waals surface area contributed by atoms with Crippen molar-refractivity contribution in [3.8, 4) is 0 Å². The fourth-order valence-corrected chi connectivity index (χ4v) is 0.706. The van der Waals surface area contributed by atoms with E-state index in [1.54, 1.807) is 0 Å². The minimum Gasteiger partial charge on any atom is -0.365 e. The van der Waals surface area contributed by atoms with Crippen LogP contribution in [0.25, 0.3) is 0 Å². The van der Waals surface area contributed by atoms with E-state index in [1.165, 1.54) is 0 Å². The van der Waals surface area contributed by atoms with Crippen LogP contribution in [0.15, 0.2) is 12.5 Å². The molecule has 0 saturated heterocycles. The van der Waals surface area contributed by atoms with Crippen LogP contribution in [0.5, 0.6) is 0 Å². The summed E-state index contributed by atoms with van der Waals surface area (Å²) in [5.74, 6) is -1.57. The molecule has 0 saturated carbocycles. The molecule has 6 heteroatoms. The Morgan fingerprint density at radius 2 is 1.92 bits per heavy atom. The lowest BCUT2D eigenvalue weighted by Gasteiger charge is -1.98. The highest BCUT2D eigenvalue weighted by atomic mass is 16.2. The topological polar surface area (TPSA) is 112 Å². The van der Waals surface area contributed by atoms with E-state index in [2.05, 4.69) is 9.97 Å². The zero-order valence-corrected chi connectivity index (χ0v) is 6.02. The van der Waals surface area contributed by atoms with Crippen molar-refractivity contribution in [2.24, 2.45) is 11.5 Å². The van der Waals surface area contributed by atoms with Gasteiger partial charge in [0, 0.05) is 6.20 Å². The summed E-state index contributed by atoms with van der Waals surface area (Å²) in [5.41, 5.74) is 9.62. The molecule has 0 radical (unpaired) electrons. The first-order valence-electron chi connectivity index (χ1n) is 3.02. The van der Waals surface area contributed by atoms with E-state index in [0.717, 1.165) is 12.5 Å². The van der Waals surface area contributed by atoms with Crippen LogP contribution in [-0.2, 0) is 0 Å². The molecule has 4 N–H and O–H groups in total. The van der Waals surface area contributed by atoms with Crippen molar-refractivity contribution in [2.45, 2.75) is 0 Å². The zero-order valence-electron chi connectivity index (χ0n) is 6.02. The quantitative estimate of drug-likeness (QED) is 0.567. The van der Waals surface area contributed by atoms with Gasteiger partial charge < -0.3 is 11.5 Å². The van der Waals surface area contributed by atoms with Crippen LogP contribution < -0.4 is 11.5 Å². The molecular weight excluding hydrogens is 160 g/mol. The second-order valence-corrected chi connectivity index (χ2v) is 2.01. The summed E-state index contributed by atoms with van der Waals surface area (Å²) >= 11 is 0. The first kappa shape index (κ1) is 8.12. The highest BCUT2D eigenvalue weighted by Crippen LogP contribution is 2.00. The molecule has 0 aromatic carbocycles. The Morgan fingerprint density at radius 3 is 2.33 bits per heavy atom. The average molecular weight is 166 g/mol. The van der Waals surface area contributed by atoms with Gasteiger partial charge in [0.15, 0.2) is 0 Å². The first-order valence-corrected chi connectivity index (χ1v) is 3.02. The lowest BCUT2D eigenvalue weighted by Crippen LogP contribution is -2.22. The molecular formula is C6H6N4O2. The van der Waals surface area contributed by atoms with Gasteiger partial charge in [-0.3, -0.25) is 9.59 Å². The summed E-state index contributed by atoms with van der Waals surface area (Å²) in [6.07, 6.45) is 2.27. The molecule has 1 aromatic heterocycles. The highest BCUT2D eigenvalue weighted by molar-refractivity contribution is 6.04. The predicted molar refractivity (Wildman–Crippen MR) is 39.1 cm³/mol. The van der Waals surface area contributed by atoms with Gasteiger partial charge in [0.1, 0.15) is 12.0 Å². The van der Waals surface area contributed by atoms with Gasteiger partial charge in [-0.05, 0) is 0 Å². The monoisotopic (exact) mass is 166 g/mol. The van der Waals surface area contributed by atoms with Gasteiger partial charge >= 0.3 is 0 Å². The number of hydrogen-bond donors (Lipinski definition) is 2. The van der Waals surface area contributed by atoms with Gasteiger partial charge in [0.2, 0.25) is 0 Å². The lowest BCUT2D eigenvalue weighted by molar-refractivity contribution is 0.0963. The standard InChI is InChI=1S/C6H6N4O2/c7-5(11)3-1-9-2-10-4(3)6(8)12/h1-2H,(H2,7,11)(H2,8,12). The van der Waals surface area contributed by atoms with Crippen molar-refractivity contribution in [1.29, 1.82) is 0 Å². The number of amides is 2. The number of carbonyl (C=O) groups excluding carboxylic acids is 2. The molecule has 0 unspecified atom stereocenters. The maximum absolute atomic E-state index is 10.7. The molecule has 6 nitrogen and oxygen atoms in total. The molecule has 12 heavy (non-hydrogen) atoms. The fraction of sp³-hybridized carbons (Fsp3) is 0. The molecule has 0 aliphatic rings. The molecule has 2 amide bonds. The van der Waals surface area contributed by atoms with Crippen LogP contribution in [0.2, 0.25) is 0 Å². The van der Waals surface area contributed by atoms with Crippen molar-refractivity contribution in [3.05, 3.63) is 23.8 Å². The number of carbonyl (C=O) groups is 2. The molecule has 1 aromatic rings. The summed E-state index contributed by atoms with van der Waals surface area (Å²) in [6, 6.07) is 0. The Bertz CT molecular complexity index is 303. The van der Waals surface area contributed by atoms with E-state index in [0.29, 0.717) is 0 Å². The van der Waals surface area contributed by atoms with Crippen molar-refractivity contribution < 1.29 is 9.59 Å². The molecule has 1 heterocycles. The Labute approximate surface area is 67.6 Å². The maximum atomic E-state index is 10.7. The third kappa shape index (κ3) is 1.36. The minimum absolute atomic E-state index is 0.0648. The summed E-state index contributed by atoms with van der Waals surface area (Å²) in [6.45, 7) is 0. The number of nitrogens with zero attached hydrogens (tertiary/aromatic N) is 2. The Hall–Kier alpha value is -1.98. The molecule has 0 aliphatic heterocycles. The van der Waals surface area contributed by atoms with E-state index in [-0.39, 0.29) is 11.3 Å². The molecule has 1 rings (SSSR count). The minimum atomic E-state index is -0.800. The molecule has 0 aliphatic carbocycles. The van der Waals surface area contributed by atoms with E-state index in [1.807, 2.05) is 0 Å². The van der Waals surface area contributed by atoms with Gasteiger partial charge in [-0.15, -0.1) is 0 Å². The second kappa shape index (κ2) is 2.95. The normalized spacial score (nSPS) is 9.33. The van der Waals surface area contributed by atoms with Gasteiger partial charge in [0.05, 0.1) is 5.56 Å². The van der Waals surface area contributed by atoms with Crippen LogP contribution in [0.3, 0.4) is 0 Å². The molecule has 0 atom stereocenters. The number of rotatable bonds is 2. The van der Waals surface area contributed by atoms with Gasteiger partial charge in [0.25, 0.3) is 11.8 Å². The highest BCUT2D eigenvalue weighted by Gasteiger charge is 2.13. The zero-order chi connectivity index (χ0) is 9.14. The Balaban J connectivity index is 3.27. The first-order chi connectivity index (χ1) is 5.63. The van der Waals surface area contributed by atoms with Crippen LogP contribution in [0.1, 0.15) is 20.8 Å². The smallest absolute Gasteiger partial charge is 0.268 e. The van der Waals surface area contributed by atoms with Crippen molar-refractivity contribution in [1.82, 2.24) is 9.97 Å². The van der Waals surface area contributed by atoms with Crippen LogP contribution in [0.4, 0.5) is 0 Å². The number of nitrogens with two attached hydrogens (primary N) is 2. The van der Waals surface area contributed by atoms with E-state index in [9.17, 15) is 9.59 Å². The van der Waals surface area contributed by atoms with E-state index < -0.39 is 11.8 Å². The average Bonchev–Trinajstić information content (AvgIpc) is 2.04. The lowest BCUT2D eigenvalue weighted by atomic mass is 10.2. The largest absolute Gasteiger partial charge is 0.365 e. The summed E-state index contributed by atoms with van der Waals surface area (Å²) in [7, 11) is 0. The predicted octanol–water partition coefficient (Wildman–Crippen LogP) is -1.33. The third-order valence-corrected chi connectivity index (χ3v) is 1.21. The Kier molecular flexibility index (Phi) is 2.00. The molecule has 0 spiro atoms. The van der Waals surface area contributed by atoms with Crippen LogP contribution in [-0.4, -0.2) is 21.8 Å². The van der Waals surface area contributed by atoms with Crippen molar-refractivity contribution >= 4 is 11.8 Å². The number of primary amides is 2. The summed E-state index contributed by atoms with van der Waals surface area (Å²) in [5, 5.41) is 0. The number of hydrogen-bond acceptors (Lipinski definition) is 4. The fourth-order valence-electron chi connectivity index (χ4n) is 0.706. The van der Waals surface area contributed by atoms with Gasteiger partial charge in [-0.1, -0.05) is 0 Å². The van der Waals surface area contributed by atoms with E-state index in [4.69, 9.17) is 11.5 Å². The van der Waals surface area contributed by atoms with E-state index >= 15 is 0 Å². The second-order valence-electron chi connectivity index (χ2n) is 2.01. The summed E-state index contributed by atoms with van der Waals surface area (Å²) in [4.78, 5) is 28.4. The molecule has 0 fully saturated rings. The van der Waals surface area contributed by atoms with Gasteiger partial charge in [-0.25, -0.2) is 9.97 Å². The SMILES string of the molecule is NC(=O)c1cncnc1C(N)=O. The maximum Gasteiger partial charge on any atom is 0.268 e. The van der Waals surface area contributed by atoms with Crippen LogP contribution >= 0.6 is 0 Å². The van der Waals surface area contributed by atoms with Crippen molar-refractivity contribution in [2.75, 3.05) is 0 Å². The number of aromatic nitrogens is 2. The molecule has 0 bridgehead atoms. The third-order valence-electron chi connectivity index (χ3n) is 1.21. The molecule has 62 valence electrons. The van der Waals surface area contributed by atoms with Gasteiger partial charge in [-0.2, -0.15) is 0 Å². The Morgan fingerprint density at radius 1 is 1.25 bits per heavy atom. The van der Waals surface area contributed by atoms with Crippen LogP contribution in [0, 0.1) is 0 Å². The summed E-state index contributed by atoms with van der Waals surface area (Å²) < 4.78 is 0.